The van der Waals surface area contributed by atoms with Crippen LogP contribution in [0.15, 0.2) is 60.9 Å². The molecule has 0 atom stereocenters. The van der Waals surface area contributed by atoms with Crippen molar-refractivity contribution in [3.05, 3.63) is 77.6 Å². The van der Waals surface area contributed by atoms with E-state index in [0.717, 1.165) is 17.3 Å². The van der Waals surface area contributed by atoms with Crippen molar-refractivity contribution in [1.82, 2.24) is 19.6 Å². The van der Waals surface area contributed by atoms with Crippen LogP contribution in [0, 0.1) is 6.92 Å². The fourth-order valence-electron chi connectivity index (χ4n) is 3.83. The van der Waals surface area contributed by atoms with E-state index in [9.17, 15) is 22.8 Å². The molecule has 1 fully saturated rings. The lowest BCUT2D eigenvalue weighted by Crippen LogP contribution is -2.50. The number of alkyl halides is 3. The number of halogens is 3. The highest BCUT2D eigenvalue weighted by Crippen LogP contribution is 2.34. The molecule has 1 aliphatic heterocycles. The van der Waals surface area contributed by atoms with Gasteiger partial charge in [-0.25, -0.2) is 4.68 Å². The van der Waals surface area contributed by atoms with Crippen molar-refractivity contribution in [2.24, 2.45) is 0 Å². The molecule has 1 aliphatic rings. The smallest absolute Gasteiger partial charge is 0.336 e. The standard InChI is InChI=1S/C24H24F3N5O2/c1-17-14-28-32(15-17)19-8-6-18(7-9-19)23(34)31-12-10-30(11-13-31)16-22(33)29-21-5-3-2-4-20(21)24(25,26)27/h2-9,14-15H,10-13,16H2,1H3,(H,29,33). The average molecular weight is 471 g/mol. The first-order valence-corrected chi connectivity index (χ1v) is 10.8. The third kappa shape index (κ3) is 5.45. The molecule has 34 heavy (non-hydrogen) atoms. The third-order valence-electron chi connectivity index (χ3n) is 5.62. The molecule has 2 aromatic carbocycles. The quantitative estimate of drug-likeness (QED) is 0.618. The topological polar surface area (TPSA) is 70.5 Å². The molecule has 0 unspecified atom stereocenters. The van der Waals surface area contributed by atoms with E-state index in [0.29, 0.717) is 31.7 Å². The van der Waals surface area contributed by atoms with Crippen molar-refractivity contribution < 1.29 is 22.8 Å². The van der Waals surface area contributed by atoms with E-state index in [1.54, 1.807) is 27.9 Å². The van der Waals surface area contributed by atoms with Gasteiger partial charge in [-0.05, 0) is 48.9 Å². The van der Waals surface area contributed by atoms with Gasteiger partial charge >= 0.3 is 6.18 Å². The molecule has 2 amide bonds. The molecule has 0 spiro atoms. The Hall–Kier alpha value is -3.66. The third-order valence-corrected chi connectivity index (χ3v) is 5.62. The normalized spacial score (nSPS) is 14.8. The number of hydrogen-bond acceptors (Lipinski definition) is 4. The van der Waals surface area contributed by atoms with Gasteiger partial charge in [-0.1, -0.05) is 12.1 Å². The molecular formula is C24H24F3N5O2. The lowest BCUT2D eigenvalue weighted by atomic mass is 10.1. The van der Waals surface area contributed by atoms with Crippen LogP contribution in [-0.4, -0.2) is 64.1 Å². The van der Waals surface area contributed by atoms with Gasteiger partial charge in [0.25, 0.3) is 5.91 Å². The maximum atomic E-state index is 13.1. The summed E-state index contributed by atoms with van der Waals surface area (Å²) < 4.78 is 41.1. The molecule has 4 rings (SSSR count). The maximum absolute atomic E-state index is 13.1. The highest BCUT2D eigenvalue weighted by Gasteiger charge is 2.33. The predicted molar refractivity (Wildman–Crippen MR) is 121 cm³/mol. The number of piperazine rings is 1. The molecule has 1 N–H and O–H groups in total. The first-order chi connectivity index (χ1) is 16.2. The van der Waals surface area contributed by atoms with Crippen LogP contribution < -0.4 is 5.32 Å². The van der Waals surface area contributed by atoms with Crippen LogP contribution in [0.4, 0.5) is 18.9 Å². The van der Waals surface area contributed by atoms with Crippen LogP contribution in [0.3, 0.4) is 0 Å². The summed E-state index contributed by atoms with van der Waals surface area (Å²) in [4.78, 5) is 28.7. The van der Waals surface area contributed by atoms with Crippen molar-refractivity contribution in [3.8, 4) is 5.69 Å². The van der Waals surface area contributed by atoms with Gasteiger partial charge in [0.2, 0.25) is 5.91 Å². The van der Waals surface area contributed by atoms with Crippen LogP contribution in [0.1, 0.15) is 21.5 Å². The molecule has 0 bridgehead atoms. The van der Waals surface area contributed by atoms with E-state index in [1.165, 1.54) is 18.2 Å². The number of aryl methyl sites for hydroxylation is 1. The zero-order valence-electron chi connectivity index (χ0n) is 18.5. The maximum Gasteiger partial charge on any atom is 0.418 e. The lowest BCUT2D eigenvalue weighted by Gasteiger charge is -2.34. The number of hydrogen-bond donors (Lipinski definition) is 1. The molecule has 7 nitrogen and oxygen atoms in total. The Kier molecular flexibility index (Phi) is 6.69. The van der Waals surface area contributed by atoms with Gasteiger partial charge in [0.05, 0.1) is 29.7 Å². The van der Waals surface area contributed by atoms with Crippen LogP contribution in [-0.2, 0) is 11.0 Å². The van der Waals surface area contributed by atoms with E-state index >= 15 is 0 Å². The summed E-state index contributed by atoms with van der Waals surface area (Å²) in [6.07, 6.45) is -0.896. The van der Waals surface area contributed by atoms with Crippen LogP contribution in [0.2, 0.25) is 0 Å². The molecule has 3 aromatic rings. The highest BCUT2D eigenvalue weighted by molar-refractivity contribution is 5.95. The second-order valence-electron chi connectivity index (χ2n) is 8.17. The summed E-state index contributed by atoms with van der Waals surface area (Å²) in [5.74, 6) is -0.632. The minimum atomic E-state index is -4.55. The van der Waals surface area contributed by atoms with Crippen molar-refractivity contribution >= 4 is 17.5 Å². The summed E-state index contributed by atoms with van der Waals surface area (Å²) in [7, 11) is 0. The van der Waals surface area contributed by atoms with Crippen molar-refractivity contribution in [1.29, 1.82) is 0 Å². The number of anilines is 1. The van der Waals surface area contributed by atoms with Gasteiger partial charge in [-0.15, -0.1) is 0 Å². The Labute approximate surface area is 194 Å². The second kappa shape index (κ2) is 9.68. The molecular weight excluding hydrogens is 447 g/mol. The first-order valence-electron chi connectivity index (χ1n) is 10.8. The number of carbonyl (C=O) groups is 2. The number of para-hydroxylation sites is 1. The molecule has 0 aliphatic carbocycles. The Morgan fingerprint density at radius 3 is 2.29 bits per heavy atom. The summed E-state index contributed by atoms with van der Waals surface area (Å²) in [6.45, 7) is 3.64. The van der Waals surface area contributed by atoms with Gasteiger partial charge in [0.1, 0.15) is 0 Å². The molecule has 1 aromatic heterocycles. The molecule has 1 saturated heterocycles. The SMILES string of the molecule is Cc1cnn(-c2ccc(C(=O)N3CCN(CC(=O)Nc4ccccc4C(F)(F)F)CC3)cc2)c1. The zero-order valence-corrected chi connectivity index (χ0v) is 18.5. The summed E-state index contributed by atoms with van der Waals surface area (Å²) in [6, 6.07) is 12.1. The predicted octanol–water partition coefficient (Wildman–Crippen LogP) is 3.60. The van der Waals surface area contributed by atoms with E-state index in [1.807, 2.05) is 30.2 Å². The van der Waals surface area contributed by atoms with Gasteiger partial charge in [-0.2, -0.15) is 18.3 Å². The Balaban J connectivity index is 1.29. The van der Waals surface area contributed by atoms with Gasteiger partial charge in [0, 0.05) is 37.9 Å². The number of rotatable bonds is 5. The number of carbonyl (C=O) groups excluding carboxylic acids is 2. The molecule has 178 valence electrons. The molecule has 2 heterocycles. The number of amides is 2. The van der Waals surface area contributed by atoms with Gasteiger partial charge in [0.15, 0.2) is 0 Å². The second-order valence-corrected chi connectivity index (χ2v) is 8.17. The Morgan fingerprint density at radius 1 is 1.00 bits per heavy atom. The minimum Gasteiger partial charge on any atom is -0.336 e. The van der Waals surface area contributed by atoms with Crippen LogP contribution in [0.25, 0.3) is 5.69 Å². The van der Waals surface area contributed by atoms with Crippen LogP contribution in [0.5, 0.6) is 0 Å². The van der Waals surface area contributed by atoms with E-state index in [4.69, 9.17) is 0 Å². The number of aromatic nitrogens is 2. The first kappa shape index (κ1) is 23.5. The van der Waals surface area contributed by atoms with E-state index in [-0.39, 0.29) is 18.1 Å². The van der Waals surface area contributed by atoms with E-state index in [2.05, 4.69) is 10.4 Å². The molecule has 0 radical (unpaired) electrons. The average Bonchev–Trinajstić information content (AvgIpc) is 3.25. The Bertz CT molecular complexity index is 1170. The zero-order chi connectivity index (χ0) is 24.3. The summed E-state index contributed by atoms with van der Waals surface area (Å²) >= 11 is 0. The van der Waals surface area contributed by atoms with Crippen LogP contribution >= 0.6 is 0 Å². The fourth-order valence-corrected chi connectivity index (χ4v) is 3.83. The largest absolute Gasteiger partial charge is 0.418 e. The summed E-state index contributed by atoms with van der Waals surface area (Å²) in [5.41, 5.74) is 1.31. The van der Waals surface area contributed by atoms with Gasteiger partial charge < -0.3 is 10.2 Å². The summed E-state index contributed by atoms with van der Waals surface area (Å²) in [5, 5.41) is 6.61. The monoisotopic (exact) mass is 471 g/mol. The number of benzene rings is 2. The highest BCUT2D eigenvalue weighted by atomic mass is 19.4. The van der Waals surface area contributed by atoms with Gasteiger partial charge in [-0.3, -0.25) is 14.5 Å². The lowest BCUT2D eigenvalue weighted by molar-refractivity contribution is -0.137. The molecule has 0 saturated carbocycles. The number of nitrogens with one attached hydrogen (secondary N) is 1. The fraction of sp³-hybridized carbons (Fsp3) is 0.292. The molecule has 10 heteroatoms. The van der Waals surface area contributed by atoms with E-state index < -0.39 is 17.6 Å². The minimum absolute atomic E-state index is 0.0494. The van der Waals surface area contributed by atoms with Crippen molar-refractivity contribution in [3.63, 3.8) is 0 Å². The van der Waals surface area contributed by atoms with Crippen molar-refractivity contribution in [2.45, 2.75) is 13.1 Å². The Morgan fingerprint density at radius 2 is 1.68 bits per heavy atom. The van der Waals surface area contributed by atoms with Crippen molar-refractivity contribution in [2.75, 3.05) is 38.0 Å². The number of nitrogens with zero attached hydrogens (tertiary/aromatic N) is 4.